The quantitative estimate of drug-likeness (QED) is 0.798. The molecular formula is C8H9ClN6O. The molecule has 0 fully saturated rings. The van der Waals surface area contributed by atoms with Crippen molar-refractivity contribution in [2.45, 2.75) is 6.54 Å². The Kier molecular flexibility index (Phi) is 2.86. The van der Waals surface area contributed by atoms with Crippen LogP contribution in [0.15, 0.2) is 17.4 Å². The number of nitrogens with zero attached hydrogens (tertiary/aromatic N) is 4. The molecule has 2 heterocycles. The van der Waals surface area contributed by atoms with E-state index in [1.165, 1.54) is 6.33 Å². The van der Waals surface area contributed by atoms with Crippen molar-refractivity contribution in [3.8, 4) is 0 Å². The fourth-order valence-corrected chi connectivity index (χ4v) is 1.30. The van der Waals surface area contributed by atoms with Gasteiger partial charge in [0.2, 0.25) is 0 Å². The number of rotatable bonds is 3. The van der Waals surface area contributed by atoms with Crippen LogP contribution in [0.25, 0.3) is 0 Å². The van der Waals surface area contributed by atoms with E-state index in [2.05, 4.69) is 25.4 Å². The molecule has 0 unspecified atom stereocenters. The van der Waals surface area contributed by atoms with Crippen molar-refractivity contribution >= 4 is 17.4 Å². The maximum Gasteiger partial charge on any atom is 0.271 e. The Morgan fingerprint density at radius 3 is 3.06 bits per heavy atom. The minimum atomic E-state index is -0.381. The zero-order chi connectivity index (χ0) is 11.5. The molecule has 0 aliphatic rings. The summed E-state index contributed by atoms with van der Waals surface area (Å²) in [5.41, 5.74) is -0.381. The topological polar surface area (TPSA) is 88.5 Å². The summed E-state index contributed by atoms with van der Waals surface area (Å²) in [5.74, 6) is 0.915. The van der Waals surface area contributed by atoms with Gasteiger partial charge in [-0.25, -0.2) is 9.97 Å². The van der Waals surface area contributed by atoms with Crippen molar-refractivity contribution in [1.82, 2.24) is 24.7 Å². The standard InChI is InChI=1S/C8H9ClN6O/c1-15-4-13-5(14-15)2-10-7-6(9)8(16)12-3-11-7/h3-4H,2H2,1H3,(H2,10,11,12,16). The summed E-state index contributed by atoms with van der Waals surface area (Å²) in [6.45, 7) is 0.358. The molecule has 16 heavy (non-hydrogen) atoms. The fraction of sp³-hybridized carbons (Fsp3) is 0.250. The number of aromatic nitrogens is 5. The maximum absolute atomic E-state index is 11.2. The molecule has 0 aliphatic heterocycles. The van der Waals surface area contributed by atoms with Crippen LogP contribution >= 0.6 is 11.6 Å². The van der Waals surface area contributed by atoms with Crippen molar-refractivity contribution in [3.05, 3.63) is 33.9 Å². The SMILES string of the molecule is Cn1cnc(CNc2nc[nH]c(=O)c2Cl)n1. The smallest absolute Gasteiger partial charge is 0.271 e. The van der Waals surface area contributed by atoms with E-state index in [4.69, 9.17) is 11.6 Å². The van der Waals surface area contributed by atoms with E-state index in [0.29, 0.717) is 18.2 Å². The average molecular weight is 241 g/mol. The van der Waals surface area contributed by atoms with Crippen LogP contribution in [0.3, 0.4) is 0 Å². The van der Waals surface area contributed by atoms with Gasteiger partial charge in [0, 0.05) is 7.05 Å². The molecule has 0 saturated carbocycles. The van der Waals surface area contributed by atoms with E-state index < -0.39 is 0 Å². The van der Waals surface area contributed by atoms with Gasteiger partial charge in [-0.2, -0.15) is 5.10 Å². The molecule has 0 bridgehead atoms. The summed E-state index contributed by atoms with van der Waals surface area (Å²) in [6, 6.07) is 0. The zero-order valence-corrected chi connectivity index (χ0v) is 9.19. The van der Waals surface area contributed by atoms with Crippen LogP contribution in [0.1, 0.15) is 5.82 Å². The lowest BCUT2D eigenvalue weighted by Crippen LogP contribution is -2.12. The molecule has 84 valence electrons. The highest BCUT2D eigenvalue weighted by Crippen LogP contribution is 2.12. The molecule has 0 saturated heterocycles. The molecule has 2 aromatic rings. The highest BCUT2D eigenvalue weighted by Gasteiger charge is 2.06. The lowest BCUT2D eigenvalue weighted by Gasteiger charge is -2.03. The van der Waals surface area contributed by atoms with Crippen molar-refractivity contribution in [2.24, 2.45) is 7.05 Å². The molecule has 0 spiro atoms. The second-order valence-electron chi connectivity index (χ2n) is 3.08. The molecule has 0 aliphatic carbocycles. The summed E-state index contributed by atoms with van der Waals surface area (Å²) in [7, 11) is 1.77. The molecule has 0 amide bonds. The van der Waals surface area contributed by atoms with Crippen molar-refractivity contribution < 1.29 is 0 Å². The van der Waals surface area contributed by atoms with Crippen molar-refractivity contribution in [3.63, 3.8) is 0 Å². The van der Waals surface area contributed by atoms with Gasteiger partial charge in [0.1, 0.15) is 11.3 Å². The second kappa shape index (κ2) is 4.31. The van der Waals surface area contributed by atoms with Gasteiger partial charge in [0.15, 0.2) is 11.6 Å². The van der Waals surface area contributed by atoms with E-state index in [1.807, 2.05) is 0 Å². The first kappa shape index (κ1) is 10.6. The number of aromatic amines is 1. The monoisotopic (exact) mass is 240 g/mol. The number of aryl methyl sites for hydroxylation is 1. The Bertz CT molecular complexity index is 547. The van der Waals surface area contributed by atoms with Gasteiger partial charge in [0.05, 0.1) is 12.9 Å². The first-order valence-electron chi connectivity index (χ1n) is 4.48. The molecule has 2 rings (SSSR count). The molecular weight excluding hydrogens is 232 g/mol. The second-order valence-corrected chi connectivity index (χ2v) is 3.46. The third kappa shape index (κ3) is 2.19. The Labute approximate surface area is 95.5 Å². The normalized spacial score (nSPS) is 10.4. The van der Waals surface area contributed by atoms with E-state index in [-0.39, 0.29) is 10.6 Å². The van der Waals surface area contributed by atoms with Gasteiger partial charge in [0.25, 0.3) is 5.56 Å². The summed E-state index contributed by atoms with van der Waals surface area (Å²) in [5, 5.41) is 6.97. The van der Waals surface area contributed by atoms with Crippen LogP contribution in [-0.4, -0.2) is 24.7 Å². The third-order valence-electron chi connectivity index (χ3n) is 1.86. The van der Waals surface area contributed by atoms with Gasteiger partial charge in [-0.15, -0.1) is 0 Å². The lowest BCUT2D eigenvalue weighted by atomic mass is 10.5. The predicted molar refractivity (Wildman–Crippen MR) is 58.2 cm³/mol. The van der Waals surface area contributed by atoms with Crippen LogP contribution in [0.4, 0.5) is 5.82 Å². The average Bonchev–Trinajstić information content (AvgIpc) is 2.67. The van der Waals surface area contributed by atoms with Crippen LogP contribution in [0.5, 0.6) is 0 Å². The Morgan fingerprint density at radius 2 is 2.38 bits per heavy atom. The first-order chi connectivity index (χ1) is 7.66. The minimum absolute atomic E-state index is 0.0263. The molecule has 8 heteroatoms. The summed E-state index contributed by atoms with van der Waals surface area (Å²) in [6.07, 6.45) is 2.87. The van der Waals surface area contributed by atoms with Gasteiger partial charge in [-0.05, 0) is 0 Å². The summed E-state index contributed by atoms with van der Waals surface area (Å²) >= 11 is 5.75. The van der Waals surface area contributed by atoms with Crippen LogP contribution in [0.2, 0.25) is 5.02 Å². The highest BCUT2D eigenvalue weighted by molar-refractivity contribution is 6.32. The molecule has 2 aromatic heterocycles. The van der Waals surface area contributed by atoms with Crippen LogP contribution < -0.4 is 10.9 Å². The fourth-order valence-electron chi connectivity index (χ4n) is 1.13. The first-order valence-corrected chi connectivity index (χ1v) is 4.86. The van der Waals surface area contributed by atoms with Gasteiger partial charge in [-0.1, -0.05) is 11.6 Å². The van der Waals surface area contributed by atoms with E-state index >= 15 is 0 Å². The van der Waals surface area contributed by atoms with Gasteiger partial charge in [-0.3, -0.25) is 9.48 Å². The highest BCUT2D eigenvalue weighted by atomic mass is 35.5. The van der Waals surface area contributed by atoms with Crippen LogP contribution in [-0.2, 0) is 13.6 Å². The lowest BCUT2D eigenvalue weighted by molar-refractivity contribution is 0.747. The number of hydrogen-bond donors (Lipinski definition) is 2. The number of H-pyrrole nitrogens is 1. The number of nitrogens with one attached hydrogen (secondary N) is 2. The largest absolute Gasteiger partial charge is 0.361 e. The van der Waals surface area contributed by atoms with E-state index in [9.17, 15) is 4.79 Å². The summed E-state index contributed by atoms with van der Waals surface area (Å²) in [4.78, 5) is 21.4. The van der Waals surface area contributed by atoms with Crippen molar-refractivity contribution in [2.75, 3.05) is 5.32 Å². The predicted octanol–water partition coefficient (Wildman–Crippen LogP) is 0.164. The Hall–Kier alpha value is -1.89. The van der Waals surface area contributed by atoms with E-state index in [1.54, 1.807) is 18.1 Å². The Morgan fingerprint density at radius 1 is 1.56 bits per heavy atom. The van der Waals surface area contributed by atoms with Gasteiger partial charge >= 0.3 is 0 Å². The Balaban J connectivity index is 2.10. The van der Waals surface area contributed by atoms with Crippen LogP contribution in [0, 0.1) is 0 Å². The molecule has 0 radical (unpaired) electrons. The number of halogens is 1. The zero-order valence-electron chi connectivity index (χ0n) is 8.44. The number of hydrogen-bond acceptors (Lipinski definition) is 5. The molecule has 0 aromatic carbocycles. The summed E-state index contributed by atoms with van der Waals surface area (Å²) < 4.78 is 1.59. The minimum Gasteiger partial charge on any atom is -0.361 e. The van der Waals surface area contributed by atoms with Crippen molar-refractivity contribution in [1.29, 1.82) is 0 Å². The molecule has 7 nitrogen and oxygen atoms in total. The van der Waals surface area contributed by atoms with Gasteiger partial charge < -0.3 is 10.3 Å². The number of anilines is 1. The third-order valence-corrected chi connectivity index (χ3v) is 2.21. The van der Waals surface area contributed by atoms with E-state index in [0.717, 1.165) is 0 Å². The molecule has 0 atom stereocenters. The maximum atomic E-state index is 11.2. The molecule has 2 N–H and O–H groups in total.